The number of carbonyl (C=O) groups excluding carboxylic acids is 2. The second-order valence-corrected chi connectivity index (χ2v) is 11.0. The standard InChI is InChI=1S/C23H32Cl2N4O3S/c1-5-8-26-9-14-29(33-22(31)32-23(2,3)4)20(16-26)21(30)28-12-10-27(11-13-28)17-6-7-18(24)19(25)15-17/h5-7,15,20H,1,8-14,16H2,2-4H3. The molecule has 0 aliphatic carbocycles. The number of carbonyl (C=O) groups is 2. The summed E-state index contributed by atoms with van der Waals surface area (Å²) < 4.78 is 7.35. The van der Waals surface area contributed by atoms with Crippen molar-refractivity contribution in [3.8, 4) is 0 Å². The molecule has 1 aromatic rings. The molecule has 0 spiro atoms. The van der Waals surface area contributed by atoms with Crippen molar-refractivity contribution < 1.29 is 14.3 Å². The first-order chi connectivity index (χ1) is 15.6. The highest BCUT2D eigenvalue weighted by Gasteiger charge is 2.38. The Hall–Kier alpha value is -1.45. The SMILES string of the molecule is C=CCN1CCN(SC(=O)OC(C)(C)C)C(C(=O)N2CCN(c3ccc(Cl)c(Cl)c3)CC2)C1. The van der Waals surface area contributed by atoms with Crippen LogP contribution in [0.1, 0.15) is 20.8 Å². The van der Waals surface area contributed by atoms with Crippen molar-refractivity contribution in [1.29, 1.82) is 0 Å². The zero-order valence-corrected chi connectivity index (χ0v) is 21.8. The minimum Gasteiger partial charge on any atom is -0.451 e. The Morgan fingerprint density at radius 2 is 1.82 bits per heavy atom. The van der Waals surface area contributed by atoms with Crippen LogP contribution in [0, 0.1) is 0 Å². The summed E-state index contributed by atoms with van der Waals surface area (Å²) in [5, 5.41) is 0.659. The van der Waals surface area contributed by atoms with Gasteiger partial charge in [0.1, 0.15) is 11.6 Å². The molecule has 10 heteroatoms. The quantitative estimate of drug-likeness (QED) is 0.327. The monoisotopic (exact) mass is 514 g/mol. The van der Waals surface area contributed by atoms with Gasteiger partial charge in [-0.15, -0.1) is 6.58 Å². The van der Waals surface area contributed by atoms with E-state index < -0.39 is 11.6 Å². The zero-order chi connectivity index (χ0) is 24.2. The van der Waals surface area contributed by atoms with Crippen LogP contribution in [0.5, 0.6) is 0 Å². The highest BCUT2D eigenvalue weighted by molar-refractivity contribution is 8.11. The van der Waals surface area contributed by atoms with Crippen LogP contribution in [-0.4, -0.2) is 89.3 Å². The maximum Gasteiger partial charge on any atom is 0.383 e. The predicted molar refractivity (Wildman–Crippen MR) is 136 cm³/mol. The summed E-state index contributed by atoms with van der Waals surface area (Å²) in [5.74, 6) is 0.0357. The third-order valence-corrected chi connectivity index (χ3v) is 7.17. The number of nitrogens with zero attached hydrogens (tertiary/aromatic N) is 4. The summed E-state index contributed by atoms with van der Waals surface area (Å²) in [6.45, 7) is 14.5. The average Bonchev–Trinajstić information content (AvgIpc) is 2.75. The molecule has 7 nitrogen and oxygen atoms in total. The van der Waals surface area contributed by atoms with E-state index in [1.54, 1.807) is 6.07 Å². The third kappa shape index (κ3) is 7.26. The van der Waals surface area contributed by atoms with Crippen LogP contribution in [0.25, 0.3) is 0 Å². The van der Waals surface area contributed by atoms with E-state index in [0.717, 1.165) is 24.2 Å². The molecule has 2 aliphatic rings. The van der Waals surface area contributed by atoms with Crippen molar-refractivity contribution in [2.75, 3.05) is 57.3 Å². The first kappa shape index (κ1) is 26.2. The number of rotatable bonds is 5. The highest BCUT2D eigenvalue weighted by atomic mass is 35.5. The van der Waals surface area contributed by atoms with Crippen LogP contribution in [0.4, 0.5) is 10.5 Å². The number of piperazine rings is 2. The number of amides is 1. The van der Waals surface area contributed by atoms with Gasteiger partial charge in [0.2, 0.25) is 5.91 Å². The van der Waals surface area contributed by atoms with Crippen molar-refractivity contribution in [3.63, 3.8) is 0 Å². The van der Waals surface area contributed by atoms with E-state index in [2.05, 4.69) is 16.4 Å². The van der Waals surface area contributed by atoms with Gasteiger partial charge in [-0.3, -0.25) is 9.69 Å². The number of anilines is 1. The molecule has 0 radical (unpaired) electrons. The lowest BCUT2D eigenvalue weighted by atomic mass is 10.1. The van der Waals surface area contributed by atoms with Crippen LogP contribution < -0.4 is 4.90 Å². The van der Waals surface area contributed by atoms with Gasteiger partial charge in [-0.05, 0) is 39.0 Å². The van der Waals surface area contributed by atoms with E-state index in [9.17, 15) is 9.59 Å². The Kier molecular flexibility index (Phi) is 8.97. The fraction of sp³-hybridized carbons (Fsp3) is 0.565. The molecule has 0 saturated carbocycles. The average molecular weight is 516 g/mol. The van der Waals surface area contributed by atoms with E-state index in [1.807, 2.05) is 48.2 Å². The number of hydrogen-bond donors (Lipinski definition) is 0. The number of ether oxygens (including phenoxy) is 1. The van der Waals surface area contributed by atoms with Crippen LogP contribution in [0.2, 0.25) is 10.0 Å². The van der Waals surface area contributed by atoms with Crippen LogP contribution in [-0.2, 0) is 9.53 Å². The van der Waals surface area contributed by atoms with E-state index in [-0.39, 0.29) is 11.2 Å². The molecule has 1 unspecified atom stereocenters. The molecule has 33 heavy (non-hydrogen) atoms. The summed E-state index contributed by atoms with van der Waals surface area (Å²) in [6.07, 6.45) is 1.84. The Morgan fingerprint density at radius 1 is 1.12 bits per heavy atom. The molecule has 0 aromatic heterocycles. The molecular weight excluding hydrogens is 483 g/mol. The molecule has 2 aliphatic heterocycles. The molecule has 0 N–H and O–H groups in total. The Labute approximate surface area is 210 Å². The van der Waals surface area contributed by atoms with Gasteiger partial charge in [-0.1, -0.05) is 29.3 Å². The lowest BCUT2D eigenvalue weighted by Gasteiger charge is -2.43. The van der Waals surface area contributed by atoms with Gasteiger partial charge in [0, 0.05) is 70.0 Å². The normalized spacial score (nSPS) is 20.6. The van der Waals surface area contributed by atoms with Gasteiger partial charge < -0.3 is 14.5 Å². The van der Waals surface area contributed by atoms with Crippen LogP contribution in [0.15, 0.2) is 30.9 Å². The van der Waals surface area contributed by atoms with Crippen LogP contribution >= 0.6 is 35.1 Å². The number of benzene rings is 1. The summed E-state index contributed by atoms with van der Waals surface area (Å²) in [4.78, 5) is 32.3. The molecular formula is C23H32Cl2N4O3S. The Balaban J connectivity index is 1.65. The zero-order valence-electron chi connectivity index (χ0n) is 19.4. The summed E-state index contributed by atoms with van der Waals surface area (Å²) in [7, 11) is 0. The van der Waals surface area contributed by atoms with E-state index in [1.165, 1.54) is 0 Å². The molecule has 2 heterocycles. The first-order valence-corrected chi connectivity index (χ1v) is 12.6. The topological polar surface area (TPSA) is 56.3 Å². The lowest BCUT2D eigenvalue weighted by molar-refractivity contribution is -0.137. The van der Waals surface area contributed by atoms with Crippen molar-refractivity contribution >= 4 is 52.0 Å². The minimum absolute atomic E-state index is 0.0357. The fourth-order valence-electron chi connectivity index (χ4n) is 3.92. The number of halogens is 2. The third-order valence-electron chi connectivity index (χ3n) is 5.53. The Morgan fingerprint density at radius 3 is 2.42 bits per heavy atom. The lowest BCUT2D eigenvalue weighted by Crippen LogP contribution is -2.60. The molecule has 1 aromatic carbocycles. The summed E-state index contributed by atoms with van der Waals surface area (Å²) in [6, 6.07) is 5.17. The smallest absolute Gasteiger partial charge is 0.383 e. The maximum atomic E-state index is 13.5. The molecule has 2 saturated heterocycles. The molecule has 1 amide bonds. The largest absolute Gasteiger partial charge is 0.451 e. The van der Waals surface area contributed by atoms with Gasteiger partial charge in [0.05, 0.1) is 10.0 Å². The van der Waals surface area contributed by atoms with Crippen molar-refractivity contribution in [3.05, 3.63) is 40.9 Å². The van der Waals surface area contributed by atoms with Crippen LogP contribution in [0.3, 0.4) is 0 Å². The van der Waals surface area contributed by atoms with Gasteiger partial charge in [0.15, 0.2) is 0 Å². The van der Waals surface area contributed by atoms with E-state index >= 15 is 0 Å². The second-order valence-electron chi connectivity index (χ2n) is 9.17. The van der Waals surface area contributed by atoms with Gasteiger partial charge in [0.25, 0.3) is 0 Å². The van der Waals surface area contributed by atoms with Crippen molar-refractivity contribution in [2.24, 2.45) is 0 Å². The first-order valence-electron chi connectivity index (χ1n) is 11.1. The summed E-state index contributed by atoms with van der Waals surface area (Å²) >= 11 is 13.2. The van der Waals surface area contributed by atoms with Crippen molar-refractivity contribution in [2.45, 2.75) is 32.4 Å². The molecule has 1 atom stereocenters. The van der Waals surface area contributed by atoms with Gasteiger partial charge in [-0.2, -0.15) is 0 Å². The van der Waals surface area contributed by atoms with Gasteiger partial charge in [-0.25, -0.2) is 9.10 Å². The van der Waals surface area contributed by atoms with E-state index in [0.29, 0.717) is 55.9 Å². The molecule has 3 rings (SSSR count). The molecule has 182 valence electrons. The Bertz CT molecular complexity index is 872. The predicted octanol–water partition coefficient (Wildman–Crippen LogP) is 4.40. The van der Waals surface area contributed by atoms with Crippen molar-refractivity contribution in [1.82, 2.24) is 14.1 Å². The fourth-order valence-corrected chi connectivity index (χ4v) is 5.15. The molecule has 2 fully saturated rings. The maximum absolute atomic E-state index is 13.5. The number of hydrogen-bond acceptors (Lipinski definition) is 7. The second kappa shape index (κ2) is 11.3. The molecule has 0 bridgehead atoms. The summed E-state index contributed by atoms with van der Waals surface area (Å²) in [5.41, 5.74) is 0.420. The minimum atomic E-state index is -0.574. The van der Waals surface area contributed by atoms with Gasteiger partial charge >= 0.3 is 5.30 Å². The van der Waals surface area contributed by atoms with E-state index in [4.69, 9.17) is 27.9 Å². The highest BCUT2D eigenvalue weighted by Crippen LogP contribution is 2.29.